The normalized spacial score (nSPS) is 13.1. The molecule has 0 fully saturated rings. The maximum atomic E-state index is 12.4. The van der Waals surface area contributed by atoms with Crippen molar-refractivity contribution in [1.29, 1.82) is 0 Å². The molecule has 0 aliphatic heterocycles. The molecule has 2 rings (SSSR count). The van der Waals surface area contributed by atoms with Crippen LogP contribution in [0.1, 0.15) is 23.4 Å². The van der Waals surface area contributed by atoms with E-state index in [-0.39, 0.29) is 15.9 Å². The summed E-state index contributed by atoms with van der Waals surface area (Å²) in [5.41, 5.74) is 5.93. The zero-order valence-corrected chi connectivity index (χ0v) is 13.2. The number of thiocarbonyl (C=S) groups is 1. The van der Waals surface area contributed by atoms with Crippen LogP contribution in [-0.4, -0.2) is 13.4 Å². The van der Waals surface area contributed by atoms with Gasteiger partial charge in [0.25, 0.3) is 0 Å². The Hall–Kier alpha value is -1.28. The largest absolute Gasteiger partial charge is 0.389 e. The Balaban J connectivity index is 2.34. The Morgan fingerprint density at radius 2 is 2.00 bits per heavy atom. The summed E-state index contributed by atoms with van der Waals surface area (Å²) >= 11 is 6.40. The first-order valence-corrected chi connectivity index (χ1v) is 8.63. The summed E-state index contributed by atoms with van der Waals surface area (Å²) in [5.74, 6) is 0. The van der Waals surface area contributed by atoms with Gasteiger partial charge in [0.15, 0.2) is 0 Å². The van der Waals surface area contributed by atoms with Crippen LogP contribution in [0.3, 0.4) is 0 Å². The highest BCUT2D eigenvalue weighted by Gasteiger charge is 2.22. The summed E-state index contributed by atoms with van der Waals surface area (Å²) in [6.45, 7) is 1.80. The Labute approximate surface area is 127 Å². The first kappa shape index (κ1) is 15.1. The Bertz CT molecular complexity index is 709. The van der Waals surface area contributed by atoms with Gasteiger partial charge in [0.1, 0.15) is 4.99 Å². The number of rotatable bonds is 5. The molecular formula is C13H14N2O2S3. The molecule has 7 heteroatoms. The van der Waals surface area contributed by atoms with E-state index in [1.165, 1.54) is 17.4 Å². The van der Waals surface area contributed by atoms with E-state index >= 15 is 0 Å². The van der Waals surface area contributed by atoms with Crippen LogP contribution in [-0.2, 0) is 10.0 Å². The minimum atomic E-state index is -3.67. The summed E-state index contributed by atoms with van der Waals surface area (Å²) in [6, 6.07) is 9.91. The number of sulfonamides is 1. The van der Waals surface area contributed by atoms with Crippen LogP contribution in [0.5, 0.6) is 0 Å². The van der Waals surface area contributed by atoms with Gasteiger partial charge in [0.05, 0.1) is 10.9 Å². The summed E-state index contributed by atoms with van der Waals surface area (Å²) in [7, 11) is -3.67. The first-order valence-electron chi connectivity index (χ1n) is 5.86. The molecule has 1 heterocycles. The second kappa shape index (κ2) is 6.01. The molecule has 1 aromatic carbocycles. The van der Waals surface area contributed by atoms with E-state index in [1.54, 1.807) is 25.1 Å². The van der Waals surface area contributed by atoms with E-state index in [0.29, 0.717) is 5.56 Å². The molecule has 1 atom stereocenters. The molecule has 0 aliphatic carbocycles. The molecule has 106 valence electrons. The van der Waals surface area contributed by atoms with Crippen LogP contribution in [0, 0.1) is 0 Å². The number of benzene rings is 1. The molecule has 0 radical (unpaired) electrons. The molecule has 1 aromatic heterocycles. The minimum Gasteiger partial charge on any atom is -0.389 e. The minimum absolute atomic E-state index is 0.0646. The van der Waals surface area contributed by atoms with Gasteiger partial charge in [-0.05, 0) is 24.4 Å². The molecule has 3 N–H and O–H groups in total. The maximum Gasteiger partial charge on any atom is 0.241 e. The maximum absolute atomic E-state index is 12.4. The van der Waals surface area contributed by atoms with E-state index in [2.05, 4.69) is 4.72 Å². The SMILES string of the molecule is CC(NS(=O)(=O)c1ccccc1C(N)=S)c1cccs1. The van der Waals surface area contributed by atoms with E-state index in [4.69, 9.17) is 18.0 Å². The van der Waals surface area contributed by atoms with Crippen molar-refractivity contribution in [2.24, 2.45) is 5.73 Å². The van der Waals surface area contributed by atoms with Crippen molar-refractivity contribution in [3.05, 3.63) is 52.2 Å². The lowest BCUT2D eigenvalue weighted by atomic mass is 10.2. The molecule has 0 spiro atoms. The van der Waals surface area contributed by atoms with Gasteiger partial charge in [0.2, 0.25) is 10.0 Å². The van der Waals surface area contributed by atoms with Crippen LogP contribution < -0.4 is 10.5 Å². The molecular weight excluding hydrogens is 312 g/mol. The van der Waals surface area contributed by atoms with Crippen LogP contribution in [0.15, 0.2) is 46.7 Å². The van der Waals surface area contributed by atoms with Crippen LogP contribution in [0.2, 0.25) is 0 Å². The summed E-state index contributed by atoms with van der Waals surface area (Å²) in [5, 5.41) is 1.91. The topological polar surface area (TPSA) is 72.2 Å². The smallest absolute Gasteiger partial charge is 0.241 e. The lowest BCUT2D eigenvalue weighted by molar-refractivity contribution is 0.568. The van der Waals surface area contributed by atoms with Crippen molar-refractivity contribution in [3.63, 3.8) is 0 Å². The summed E-state index contributed by atoms with van der Waals surface area (Å²) in [6.07, 6.45) is 0. The van der Waals surface area contributed by atoms with Gasteiger partial charge >= 0.3 is 0 Å². The van der Waals surface area contributed by atoms with E-state index < -0.39 is 10.0 Å². The average molecular weight is 326 g/mol. The van der Waals surface area contributed by atoms with Crippen molar-refractivity contribution in [2.45, 2.75) is 17.9 Å². The van der Waals surface area contributed by atoms with Gasteiger partial charge in [-0.1, -0.05) is 36.5 Å². The summed E-state index contributed by atoms with van der Waals surface area (Å²) < 4.78 is 27.5. The molecule has 20 heavy (non-hydrogen) atoms. The number of thiophene rings is 1. The highest BCUT2D eigenvalue weighted by Crippen LogP contribution is 2.22. The monoisotopic (exact) mass is 326 g/mol. The Morgan fingerprint density at radius 1 is 1.30 bits per heavy atom. The molecule has 0 bridgehead atoms. The Kier molecular flexibility index (Phi) is 4.54. The van der Waals surface area contributed by atoms with Crippen LogP contribution in [0.25, 0.3) is 0 Å². The molecule has 0 aliphatic rings. The zero-order chi connectivity index (χ0) is 14.8. The van der Waals surface area contributed by atoms with Gasteiger partial charge in [-0.25, -0.2) is 13.1 Å². The fourth-order valence-corrected chi connectivity index (χ4v) is 4.29. The second-order valence-electron chi connectivity index (χ2n) is 4.22. The number of hydrogen-bond acceptors (Lipinski definition) is 4. The average Bonchev–Trinajstić information content (AvgIpc) is 2.92. The third kappa shape index (κ3) is 3.24. The predicted octanol–water partition coefficient (Wildman–Crippen LogP) is 2.42. The Morgan fingerprint density at radius 3 is 2.60 bits per heavy atom. The molecule has 0 amide bonds. The quantitative estimate of drug-likeness (QED) is 0.828. The van der Waals surface area contributed by atoms with Gasteiger partial charge in [0, 0.05) is 10.4 Å². The van der Waals surface area contributed by atoms with Crippen molar-refractivity contribution in [3.8, 4) is 0 Å². The lowest BCUT2D eigenvalue weighted by Crippen LogP contribution is -2.28. The standard InChI is InChI=1S/C13H14N2O2S3/c1-9(11-6-4-8-19-11)15-20(16,17)12-7-3-2-5-10(12)13(14)18/h2-9,15H,1H3,(H2,14,18). The zero-order valence-electron chi connectivity index (χ0n) is 10.7. The third-order valence-corrected chi connectivity index (χ3v) is 5.62. The van der Waals surface area contributed by atoms with Gasteiger partial charge < -0.3 is 5.73 Å². The highest BCUT2D eigenvalue weighted by atomic mass is 32.2. The van der Waals surface area contributed by atoms with Crippen molar-refractivity contribution < 1.29 is 8.42 Å². The lowest BCUT2D eigenvalue weighted by Gasteiger charge is -2.15. The van der Waals surface area contributed by atoms with Gasteiger partial charge in [-0.15, -0.1) is 11.3 Å². The molecule has 4 nitrogen and oxygen atoms in total. The molecule has 2 aromatic rings. The first-order chi connectivity index (χ1) is 9.42. The van der Waals surface area contributed by atoms with Crippen LogP contribution in [0.4, 0.5) is 0 Å². The van der Waals surface area contributed by atoms with Crippen molar-refractivity contribution in [1.82, 2.24) is 4.72 Å². The van der Waals surface area contributed by atoms with Gasteiger partial charge in [-0.3, -0.25) is 0 Å². The van der Waals surface area contributed by atoms with E-state index in [0.717, 1.165) is 4.88 Å². The van der Waals surface area contributed by atoms with Crippen molar-refractivity contribution in [2.75, 3.05) is 0 Å². The van der Waals surface area contributed by atoms with E-state index in [1.807, 2.05) is 17.5 Å². The van der Waals surface area contributed by atoms with Crippen LogP contribution >= 0.6 is 23.6 Å². The second-order valence-corrected chi connectivity index (χ2v) is 7.32. The molecule has 0 saturated heterocycles. The third-order valence-electron chi connectivity index (χ3n) is 2.74. The van der Waals surface area contributed by atoms with E-state index in [9.17, 15) is 8.42 Å². The summed E-state index contributed by atoms with van der Waals surface area (Å²) in [4.78, 5) is 1.12. The molecule has 1 unspecified atom stereocenters. The van der Waals surface area contributed by atoms with Crippen molar-refractivity contribution >= 4 is 38.6 Å². The number of nitrogens with two attached hydrogens (primary N) is 1. The number of nitrogens with one attached hydrogen (secondary N) is 1. The fourth-order valence-electron chi connectivity index (χ4n) is 1.80. The van der Waals surface area contributed by atoms with Gasteiger partial charge in [-0.2, -0.15) is 0 Å². The molecule has 0 saturated carbocycles. The predicted molar refractivity (Wildman–Crippen MR) is 85.4 cm³/mol. The number of hydrogen-bond donors (Lipinski definition) is 2. The highest BCUT2D eigenvalue weighted by molar-refractivity contribution is 7.89. The fraction of sp³-hybridized carbons (Fsp3) is 0.154.